The number of hydrogen-bond acceptors (Lipinski definition) is 4. The van der Waals surface area contributed by atoms with Gasteiger partial charge in [-0.05, 0) is 13.8 Å². The van der Waals surface area contributed by atoms with Crippen LogP contribution in [0, 0.1) is 0 Å². The molecule has 0 saturated carbocycles. The van der Waals surface area contributed by atoms with Crippen LogP contribution in [-0.4, -0.2) is 40.1 Å². The van der Waals surface area contributed by atoms with Crippen molar-refractivity contribution in [1.29, 1.82) is 0 Å². The number of carbonyl (C=O) groups is 1. The maximum atomic E-state index is 11.8. The first kappa shape index (κ1) is 11.1. The number of nitrogens with zero attached hydrogens (tertiary/aromatic N) is 2. The van der Waals surface area contributed by atoms with Crippen LogP contribution in [0.5, 0.6) is 0 Å². The molecule has 5 heteroatoms. The Hall–Kier alpha value is -0.940. The molecule has 0 bridgehead atoms. The molecule has 0 saturated heterocycles. The number of amides is 1. The average molecular weight is 214 g/mol. The van der Waals surface area contributed by atoms with Crippen molar-refractivity contribution >= 4 is 17.2 Å². The summed E-state index contributed by atoms with van der Waals surface area (Å²) in [5, 5.41) is 11.3. The second kappa shape index (κ2) is 4.06. The van der Waals surface area contributed by atoms with Gasteiger partial charge < -0.3 is 10.0 Å². The molecule has 0 aliphatic heterocycles. The highest BCUT2D eigenvalue weighted by Gasteiger charge is 2.28. The lowest BCUT2D eigenvalue weighted by atomic mass is 10.1. The highest BCUT2D eigenvalue weighted by atomic mass is 32.1. The van der Waals surface area contributed by atoms with Crippen LogP contribution in [0.4, 0.5) is 0 Å². The molecule has 1 aromatic heterocycles. The predicted octanol–water partition coefficient (Wildman–Crippen LogP) is 0.986. The number of aliphatic hydroxyl groups excluding tert-OH is 1. The third kappa shape index (κ3) is 2.10. The number of rotatable bonds is 3. The molecule has 1 amide bonds. The van der Waals surface area contributed by atoms with E-state index in [4.69, 9.17) is 5.11 Å². The summed E-state index contributed by atoms with van der Waals surface area (Å²) < 4.78 is 0. The van der Waals surface area contributed by atoms with Crippen molar-refractivity contribution in [2.24, 2.45) is 0 Å². The number of likely N-dealkylation sites (N-methyl/N-ethyl adjacent to an activating group) is 1. The van der Waals surface area contributed by atoms with Crippen molar-refractivity contribution in [1.82, 2.24) is 9.88 Å². The molecule has 0 unspecified atom stereocenters. The third-order valence-corrected chi connectivity index (χ3v) is 2.98. The first-order chi connectivity index (χ1) is 6.49. The SMILES string of the molecule is CN(C(=O)c1nccs1)C(C)(C)CO. The molecule has 0 aromatic carbocycles. The largest absolute Gasteiger partial charge is 0.394 e. The summed E-state index contributed by atoms with van der Waals surface area (Å²) >= 11 is 1.30. The van der Waals surface area contributed by atoms with Crippen LogP contribution >= 0.6 is 11.3 Å². The highest BCUT2D eigenvalue weighted by Crippen LogP contribution is 2.16. The molecule has 0 aliphatic rings. The van der Waals surface area contributed by atoms with Crippen molar-refractivity contribution in [3.63, 3.8) is 0 Å². The summed E-state index contributed by atoms with van der Waals surface area (Å²) in [5.74, 6) is -0.154. The minimum absolute atomic E-state index is 0.0688. The summed E-state index contributed by atoms with van der Waals surface area (Å²) in [7, 11) is 1.67. The van der Waals surface area contributed by atoms with E-state index in [1.165, 1.54) is 16.2 Å². The highest BCUT2D eigenvalue weighted by molar-refractivity contribution is 7.11. The molecule has 0 atom stereocenters. The fourth-order valence-electron chi connectivity index (χ4n) is 0.853. The van der Waals surface area contributed by atoms with E-state index in [1.54, 1.807) is 32.5 Å². The van der Waals surface area contributed by atoms with Crippen LogP contribution < -0.4 is 0 Å². The molecule has 0 spiro atoms. The molecule has 14 heavy (non-hydrogen) atoms. The van der Waals surface area contributed by atoms with Gasteiger partial charge in [0.15, 0.2) is 5.01 Å². The van der Waals surface area contributed by atoms with Crippen LogP contribution in [0.1, 0.15) is 23.6 Å². The Bertz CT molecular complexity index is 309. The Kier molecular flexibility index (Phi) is 3.23. The van der Waals surface area contributed by atoms with Gasteiger partial charge >= 0.3 is 0 Å². The molecule has 0 fully saturated rings. The van der Waals surface area contributed by atoms with E-state index in [9.17, 15) is 4.79 Å². The standard InChI is InChI=1S/C9H14N2O2S/c1-9(2,6-12)11(3)8(13)7-10-4-5-14-7/h4-5,12H,6H2,1-3H3. The van der Waals surface area contributed by atoms with Crippen LogP contribution in [0.25, 0.3) is 0 Å². The summed E-state index contributed by atoms with van der Waals surface area (Å²) in [6, 6.07) is 0. The van der Waals surface area contributed by atoms with E-state index in [-0.39, 0.29) is 12.5 Å². The van der Waals surface area contributed by atoms with Gasteiger partial charge in [0.05, 0.1) is 12.1 Å². The molecule has 78 valence electrons. The van der Waals surface area contributed by atoms with E-state index in [1.807, 2.05) is 0 Å². The van der Waals surface area contributed by atoms with Gasteiger partial charge in [0, 0.05) is 18.6 Å². The average Bonchev–Trinajstić information content (AvgIpc) is 2.68. The summed E-state index contributed by atoms with van der Waals surface area (Å²) in [6.07, 6.45) is 1.59. The van der Waals surface area contributed by atoms with Crippen molar-refractivity contribution in [3.05, 3.63) is 16.6 Å². The van der Waals surface area contributed by atoms with Crippen LogP contribution in [0.3, 0.4) is 0 Å². The Morgan fingerprint density at radius 2 is 2.36 bits per heavy atom. The first-order valence-electron chi connectivity index (χ1n) is 4.27. The van der Waals surface area contributed by atoms with E-state index in [0.29, 0.717) is 5.01 Å². The molecule has 1 rings (SSSR count). The zero-order chi connectivity index (χ0) is 10.8. The van der Waals surface area contributed by atoms with Gasteiger partial charge in [-0.2, -0.15) is 0 Å². The normalized spacial score (nSPS) is 11.4. The molecular formula is C9H14N2O2S. The van der Waals surface area contributed by atoms with E-state index in [0.717, 1.165) is 0 Å². The Morgan fingerprint density at radius 1 is 1.71 bits per heavy atom. The van der Waals surface area contributed by atoms with Crippen molar-refractivity contribution in [2.45, 2.75) is 19.4 Å². The number of aliphatic hydroxyl groups is 1. The van der Waals surface area contributed by atoms with Crippen LogP contribution in [0.15, 0.2) is 11.6 Å². The quantitative estimate of drug-likeness (QED) is 0.816. The Morgan fingerprint density at radius 3 is 2.79 bits per heavy atom. The second-order valence-corrected chi connectivity index (χ2v) is 4.57. The lowest BCUT2D eigenvalue weighted by molar-refractivity contribution is 0.0473. The fourth-order valence-corrected chi connectivity index (χ4v) is 1.46. The van der Waals surface area contributed by atoms with Gasteiger partial charge in [-0.1, -0.05) is 0 Å². The number of thiazole rings is 1. The maximum absolute atomic E-state index is 11.8. The first-order valence-corrected chi connectivity index (χ1v) is 5.15. The monoisotopic (exact) mass is 214 g/mol. The lowest BCUT2D eigenvalue weighted by Crippen LogP contribution is -2.47. The van der Waals surface area contributed by atoms with Gasteiger partial charge in [-0.15, -0.1) is 11.3 Å². The van der Waals surface area contributed by atoms with Crippen molar-refractivity contribution < 1.29 is 9.90 Å². The minimum atomic E-state index is -0.553. The Labute approximate surface area is 87.2 Å². The summed E-state index contributed by atoms with van der Waals surface area (Å²) in [5.41, 5.74) is -0.553. The minimum Gasteiger partial charge on any atom is -0.394 e. The van der Waals surface area contributed by atoms with Crippen LogP contribution in [-0.2, 0) is 0 Å². The van der Waals surface area contributed by atoms with E-state index < -0.39 is 5.54 Å². The fraction of sp³-hybridized carbons (Fsp3) is 0.556. The zero-order valence-corrected chi connectivity index (χ0v) is 9.34. The molecule has 1 heterocycles. The zero-order valence-electron chi connectivity index (χ0n) is 8.52. The number of aromatic nitrogens is 1. The van der Waals surface area contributed by atoms with Crippen molar-refractivity contribution in [2.75, 3.05) is 13.7 Å². The summed E-state index contributed by atoms with van der Waals surface area (Å²) in [6.45, 7) is 3.54. The van der Waals surface area contributed by atoms with Crippen LogP contribution in [0.2, 0.25) is 0 Å². The van der Waals surface area contributed by atoms with Gasteiger partial charge in [0.2, 0.25) is 0 Å². The third-order valence-electron chi connectivity index (χ3n) is 2.21. The number of carbonyl (C=O) groups excluding carboxylic acids is 1. The van der Waals surface area contributed by atoms with E-state index >= 15 is 0 Å². The molecule has 0 radical (unpaired) electrons. The van der Waals surface area contributed by atoms with Gasteiger partial charge in [-0.3, -0.25) is 4.79 Å². The summed E-state index contributed by atoms with van der Waals surface area (Å²) in [4.78, 5) is 17.2. The van der Waals surface area contributed by atoms with Crippen molar-refractivity contribution in [3.8, 4) is 0 Å². The van der Waals surface area contributed by atoms with E-state index in [2.05, 4.69) is 4.98 Å². The predicted molar refractivity (Wildman–Crippen MR) is 55.4 cm³/mol. The van der Waals surface area contributed by atoms with Gasteiger partial charge in [-0.25, -0.2) is 4.98 Å². The number of hydrogen-bond donors (Lipinski definition) is 1. The molecule has 1 N–H and O–H groups in total. The molecule has 4 nitrogen and oxygen atoms in total. The smallest absolute Gasteiger partial charge is 0.283 e. The van der Waals surface area contributed by atoms with Gasteiger partial charge in [0.1, 0.15) is 0 Å². The molecular weight excluding hydrogens is 200 g/mol. The lowest BCUT2D eigenvalue weighted by Gasteiger charge is -2.33. The Balaban J connectivity index is 2.81. The topological polar surface area (TPSA) is 53.4 Å². The second-order valence-electron chi connectivity index (χ2n) is 3.67. The molecule has 0 aliphatic carbocycles. The molecule has 1 aromatic rings. The van der Waals surface area contributed by atoms with Gasteiger partial charge in [0.25, 0.3) is 5.91 Å². The maximum Gasteiger partial charge on any atom is 0.283 e.